The Morgan fingerprint density at radius 1 is 1.50 bits per heavy atom. The summed E-state index contributed by atoms with van der Waals surface area (Å²) in [6.45, 7) is 2.99. The summed E-state index contributed by atoms with van der Waals surface area (Å²) in [5.74, 6) is -0.730. The minimum Gasteiger partial charge on any atom is -0.381 e. The number of halogens is 1. The number of Topliss-reactive ketones (excluding diaryl/α,β-unsaturated/α-hetero) is 1. The van der Waals surface area contributed by atoms with Crippen LogP contribution >= 0.6 is 0 Å². The van der Waals surface area contributed by atoms with Crippen molar-refractivity contribution in [2.24, 2.45) is 5.92 Å². The Bertz CT molecular complexity index is 395. The van der Waals surface area contributed by atoms with Crippen molar-refractivity contribution in [3.05, 3.63) is 35.1 Å². The first kappa shape index (κ1) is 11.3. The lowest BCUT2D eigenvalue weighted by Gasteiger charge is -2.21. The lowest BCUT2D eigenvalue weighted by atomic mass is 9.92. The molecule has 86 valence electrons. The van der Waals surface area contributed by atoms with E-state index in [1.165, 1.54) is 6.07 Å². The smallest absolute Gasteiger partial charge is 0.171 e. The predicted molar refractivity (Wildman–Crippen MR) is 59.0 cm³/mol. The maximum Gasteiger partial charge on any atom is 0.171 e. The van der Waals surface area contributed by atoms with Gasteiger partial charge in [-0.1, -0.05) is 11.6 Å². The number of hydrogen-bond donors (Lipinski definition) is 0. The highest BCUT2D eigenvalue weighted by molar-refractivity contribution is 5.98. The Hall–Kier alpha value is -1.22. The van der Waals surface area contributed by atoms with Crippen molar-refractivity contribution < 1.29 is 13.9 Å². The number of ketones is 1. The molecule has 1 unspecified atom stereocenters. The van der Waals surface area contributed by atoms with E-state index >= 15 is 0 Å². The molecule has 1 aliphatic heterocycles. The molecule has 1 aliphatic rings. The summed E-state index contributed by atoms with van der Waals surface area (Å²) < 4.78 is 18.8. The highest BCUT2D eigenvalue weighted by Gasteiger charge is 2.25. The van der Waals surface area contributed by atoms with Gasteiger partial charge < -0.3 is 4.74 Å². The third-order valence-corrected chi connectivity index (χ3v) is 2.92. The zero-order chi connectivity index (χ0) is 11.5. The molecule has 3 heteroatoms. The van der Waals surface area contributed by atoms with Gasteiger partial charge in [0, 0.05) is 12.5 Å². The molecule has 1 atom stereocenters. The van der Waals surface area contributed by atoms with Gasteiger partial charge in [-0.25, -0.2) is 4.39 Å². The number of benzene rings is 1. The van der Waals surface area contributed by atoms with E-state index in [0.717, 1.165) is 18.4 Å². The molecule has 0 amide bonds. The van der Waals surface area contributed by atoms with Crippen molar-refractivity contribution in [3.8, 4) is 0 Å². The van der Waals surface area contributed by atoms with E-state index in [4.69, 9.17) is 4.74 Å². The van der Waals surface area contributed by atoms with E-state index in [9.17, 15) is 9.18 Å². The summed E-state index contributed by atoms with van der Waals surface area (Å²) >= 11 is 0. The second-order valence-corrected chi connectivity index (χ2v) is 4.26. The highest BCUT2D eigenvalue weighted by Crippen LogP contribution is 2.21. The molecule has 1 aromatic carbocycles. The van der Waals surface area contributed by atoms with Gasteiger partial charge >= 0.3 is 0 Å². The van der Waals surface area contributed by atoms with Crippen LogP contribution in [0.15, 0.2) is 18.2 Å². The monoisotopic (exact) mass is 222 g/mol. The van der Waals surface area contributed by atoms with E-state index in [1.54, 1.807) is 12.1 Å². The molecule has 0 saturated carbocycles. The van der Waals surface area contributed by atoms with Crippen LogP contribution < -0.4 is 0 Å². The first-order valence-electron chi connectivity index (χ1n) is 5.56. The summed E-state index contributed by atoms with van der Waals surface area (Å²) in [6.07, 6.45) is 1.68. The average Bonchev–Trinajstić information content (AvgIpc) is 2.32. The lowest BCUT2D eigenvalue weighted by molar-refractivity contribution is 0.0458. The predicted octanol–water partition coefficient (Wildman–Crippen LogP) is 2.74. The van der Waals surface area contributed by atoms with Crippen molar-refractivity contribution in [2.45, 2.75) is 19.8 Å². The van der Waals surface area contributed by atoms with Gasteiger partial charge in [0.05, 0.1) is 12.2 Å². The number of aryl methyl sites for hydroxylation is 1. The summed E-state index contributed by atoms with van der Waals surface area (Å²) in [7, 11) is 0. The van der Waals surface area contributed by atoms with Crippen LogP contribution in [0.2, 0.25) is 0 Å². The quantitative estimate of drug-likeness (QED) is 0.719. The van der Waals surface area contributed by atoms with Crippen molar-refractivity contribution in [1.82, 2.24) is 0 Å². The Balaban J connectivity index is 2.22. The molecule has 0 aliphatic carbocycles. The molecule has 16 heavy (non-hydrogen) atoms. The molecular formula is C13H15FO2. The molecule has 0 radical (unpaired) electrons. The minimum absolute atomic E-state index is 0.124. The van der Waals surface area contributed by atoms with Gasteiger partial charge in [0.15, 0.2) is 5.78 Å². The first-order chi connectivity index (χ1) is 7.68. The van der Waals surface area contributed by atoms with Gasteiger partial charge in [0.25, 0.3) is 0 Å². The SMILES string of the molecule is Cc1ccc(F)c(C(=O)C2CCCOC2)c1. The van der Waals surface area contributed by atoms with E-state index in [-0.39, 0.29) is 17.3 Å². The zero-order valence-corrected chi connectivity index (χ0v) is 9.33. The average molecular weight is 222 g/mol. The second-order valence-electron chi connectivity index (χ2n) is 4.26. The number of rotatable bonds is 2. The topological polar surface area (TPSA) is 26.3 Å². The summed E-state index contributed by atoms with van der Waals surface area (Å²) in [5, 5.41) is 0. The molecule has 0 N–H and O–H groups in total. The molecule has 0 aromatic heterocycles. The Kier molecular flexibility index (Phi) is 3.34. The van der Waals surface area contributed by atoms with Crippen LogP contribution in [0.5, 0.6) is 0 Å². The van der Waals surface area contributed by atoms with Gasteiger partial charge in [-0.2, -0.15) is 0 Å². The maximum absolute atomic E-state index is 13.5. The van der Waals surface area contributed by atoms with Gasteiger partial charge in [-0.3, -0.25) is 4.79 Å². The Labute approximate surface area is 94.4 Å². The Morgan fingerprint density at radius 3 is 3.00 bits per heavy atom. The third-order valence-electron chi connectivity index (χ3n) is 2.92. The van der Waals surface area contributed by atoms with E-state index in [0.29, 0.717) is 13.2 Å². The largest absolute Gasteiger partial charge is 0.381 e. The summed E-state index contributed by atoms with van der Waals surface area (Å²) in [5.41, 5.74) is 1.11. The van der Waals surface area contributed by atoms with Gasteiger partial charge in [0.2, 0.25) is 0 Å². The van der Waals surface area contributed by atoms with Crippen molar-refractivity contribution in [2.75, 3.05) is 13.2 Å². The van der Waals surface area contributed by atoms with E-state index in [1.807, 2.05) is 6.92 Å². The van der Waals surface area contributed by atoms with Crippen molar-refractivity contribution in [1.29, 1.82) is 0 Å². The third kappa shape index (κ3) is 2.30. The van der Waals surface area contributed by atoms with Crippen LogP contribution in [0.3, 0.4) is 0 Å². The van der Waals surface area contributed by atoms with Crippen LogP contribution in [-0.2, 0) is 4.74 Å². The first-order valence-corrected chi connectivity index (χ1v) is 5.56. The molecule has 1 heterocycles. The lowest BCUT2D eigenvalue weighted by Crippen LogP contribution is -2.26. The number of ether oxygens (including phenoxy) is 1. The van der Waals surface area contributed by atoms with Crippen LogP contribution in [0.4, 0.5) is 4.39 Å². The molecule has 2 nitrogen and oxygen atoms in total. The summed E-state index contributed by atoms with van der Waals surface area (Å²) in [4.78, 5) is 12.1. The zero-order valence-electron chi connectivity index (χ0n) is 9.33. The van der Waals surface area contributed by atoms with Crippen molar-refractivity contribution in [3.63, 3.8) is 0 Å². The molecular weight excluding hydrogens is 207 g/mol. The van der Waals surface area contributed by atoms with Crippen molar-refractivity contribution >= 4 is 5.78 Å². The molecule has 1 saturated heterocycles. The number of carbonyl (C=O) groups excluding carboxylic acids is 1. The standard InChI is InChI=1S/C13H15FO2/c1-9-4-5-12(14)11(7-9)13(15)10-3-2-6-16-8-10/h4-5,7,10H,2-3,6,8H2,1H3. The Morgan fingerprint density at radius 2 is 2.31 bits per heavy atom. The van der Waals surface area contributed by atoms with E-state index in [2.05, 4.69) is 0 Å². The maximum atomic E-state index is 13.5. The van der Waals surface area contributed by atoms with Crippen LogP contribution in [0.25, 0.3) is 0 Å². The van der Waals surface area contributed by atoms with Crippen LogP contribution in [0.1, 0.15) is 28.8 Å². The molecule has 0 bridgehead atoms. The summed E-state index contributed by atoms with van der Waals surface area (Å²) in [6, 6.07) is 4.64. The second kappa shape index (κ2) is 4.74. The highest BCUT2D eigenvalue weighted by atomic mass is 19.1. The molecule has 2 rings (SSSR count). The normalized spacial score (nSPS) is 20.8. The van der Waals surface area contributed by atoms with Crippen LogP contribution in [-0.4, -0.2) is 19.0 Å². The van der Waals surface area contributed by atoms with Crippen LogP contribution in [0, 0.1) is 18.7 Å². The van der Waals surface area contributed by atoms with E-state index < -0.39 is 5.82 Å². The fourth-order valence-corrected chi connectivity index (χ4v) is 2.00. The fourth-order valence-electron chi connectivity index (χ4n) is 2.00. The number of hydrogen-bond acceptors (Lipinski definition) is 2. The van der Waals surface area contributed by atoms with Gasteiger partial charge in [0.1, 0.15) is 5.82 Å². The minimum atomic E-state index is -0.429. The molecule has 1 fully saturated rings. The molecule has 1 aromatic rings. The van der Waals surface area contributed by atoms with Gasteiger partial charge in [-0.05, 0) is 31.9 Å². The fraction of sp³-hybridized carbons (Fsp3) is 0.462. The molecule has 0 spiro atoms. The van der Waals surface area contributed by atoms with Gasteiger partial charge in [-0.15, -0.1) is 0 Å². The number of carbonyl (C=O) groups is 1.